The number of carbonyl (C=O) groups is 1. The molecule has 1 amide bonds. The van der Waals surface area contributed by atoms with Gasteiger partial charge in [-0.2, -0.15) is 0 Å². The molecule has 2 heterocycles. The van der Waals surface area contributed by atoms with Gasteiger partial charge in [-0.05, 0) is 32.0 Å². The minimum atomic E-state index is -3.14. The fourth-order valence-electron chi connectivity index (χ4n) is 2.31. The summed E-state index contributed by atoms with van der Waals surface area (Å²) in [6.45, 7) is 3.21. The maximum absolute atomic E-state index is 11.5. The zero-order valence-electron chi connectivity index (χ0n) is 10.9. The van der Waals surface area contributed by atoms with Crippen molar-refractivity contribution < 1.29 is 17.9 Å². The van der Waals surface area contributed by atoms with E-state index in [-0.39, 0.29) is 5.75 Å². The van der Waals surface area contributed by atoms with Crippen molar-refractivity contribution >= 4 is 15.9 Å². The fourth-order valence-corrected chi connectivity index (χ4v) is 3.54. The maximum atomic E-state index is 11.5. The van der Waals surface area contributed by atoms with Gasteiger partial charge in [0.05, 0.1) is 11.8 Å². The first-order valence-corrected chi connectivity index (χ1v) is 8.33. The number of rotatable bonds is 4. The molecule has 0 bridgehead atoms. The van der Waals surface area contributed by atoms with Crippen molar-refractivity contribution in [3.05, 3.63) is 11.5 Å². The average molecular weight is 288 g/mol. The molecule has 0 unspecified atom stereocenters. The Hall–Kier alpha value is -1.08. The summed E-state index contributed by atoms with van der Waals surface area (Å²) in [7, 11) is -3.14. The summed E-state index contributed by atoms with van der Waals surface area (Å²) in [4.78, 5) is 13.7. The molecular weight excluding hydrogens is 268 g/mol. The first-order chi connectivity index (χ1) is 9.05. The number of piperidine rings is 1. The molecule has 0 saturated carbocycles. The third-order valence-corrected chi connectivity index (χ3v) is 4.72. The second-order valence-corrected chi connectivity index (χ2v) is 6.88. The van der Waals surface area contributed by atoms with Gasteiger partial charge >= 0.3 is 6.09 Å². The SMILES string of the molecule is O=C(N[C@@H]1C=CS(=O)(=O)C1)OCCN1CCCCC1. The molecule has 2 aliphatic heterocycles. The second-order valence-electron chi connectivity index (χ2n) is 4.95. The Morgan fingerprint density at radius 2 is 2.05 bits per heavy atom. The quantitative estimate of drug-likeness (QED) is 0.815. The summed E-state index contributed by atoms with van der Waals surface area (Å²) >= 11 is 0. The first-order valence-electron chi connectivity index (χ1n) is 6.62. The number of hydrogen-bond donors (Lipinski definition) is 1. The van der Waals surface area contributed by atoms with Crippen LogP contribution in [0.3, 0.4) is 0 Å². The van der Waals surface area contributed by atoms with Crippen LogP contribution in [0.25, 0.3) is 0 Å². The number of hydrogen-bond acceptors (Lipinski definition) is 5. The van der Waals surface area contributed by atoms with Gasteiger partial charge in [0, 0.05) is 12.0 Å². The van der Waals surface area contributed by atoms with Crippen molar-refractivity contribution in [2.45, 2.75) is 25.3 Å². The second kappa shape index (κ2) is 6.38. The van der Waals surface area contributed by atoms with E-state index in [0.29, 0.717) is 6.61 Å². The zero-order valence-corrected chi connectivity index (χ0v) is 11.7. The Bertz CT molecular complexity index is 441. The van der Waals surface area contributed by atoms with E-state index in [1.165, 1.54) is 25.3 Å². The van der Waals surface area contributed by atoms with Gasteiger partial charge in [-0.25, -0.2) is 13.2 Å². The van der Waals surface area contributed by atoms with Crippen LogP contribution in [0.2, 0.25) is 0 Å². The van der Waals surface area contributed by atoms with Crippen LogP contribution >= 0.6 is 0 Å². The molecule has 1 N–H and O–H groups in total. The molecule has 6 nitrogen and oxygen atoms in total. The van der Waals surface area contributed by atoms with Gasteiger partial charge in [0.2, 0.25) is 0 Å². The van der Waals surface area contributed by atoms with Crippen molar-refractivity contribution in [2.75, 3.05) is 32.0 Å². The lowest BCUT2D eigenvalue weighted by molar-refractivity contribution is 0.119. The minimum absolute atomic E-state index is 0.0752. The van der Waals surface area contributed by atoms with Crippen LogP contribution in [-0.2, 0) is 14.6 Å². The number of sulfone groups is 1. The molecule has 108 valence electrons. The molecule has 0 aromatic rings. The van der Waals surface area contributed by atoms with E-state index in [4.69, 9.17) is 4.74 Å². The molecular formula is C12H20N2O4S. The van der Waals surface area contributed by atoms with Crippen LogP contribution < -0.4 is 5.32 Å². The average Bonchev–Trinajstić information content (AvgIpc) is 2.70. The van der Waals surface area contributed by atoms with Crippen molar-refractivity contribution in [1.29, 1.82) is 0 Å². The zero-order chi connectivity index (χ0) is 13.7. The van der Waals surface area contributed by atoms with Crippen molar-refractivity contribution in [3.63, 3.8) is 0 Å². The summed E-state index contributed by atoms with van der Waals surface area (Å²) in [6.07, 6.45) is 4.61. The summed E-state index contributed by atoms with van der Waals surface area (Å²) in [5.74, 6) is -0.0752. The molecule has 0 aliphatic carbocycles. The molecule has 2 rings (SSSR count). The van der Waals surface area contributed by atoms with Gasteiger partial charge in [-0.15, -0.1) is 0 Å². The molecule has 7 heteroatoms. The Labute approximate surface area is 113 Å². The molecule has 0 spiro atoms. The monoisotopic (exact) mass is 288 g/mol. The molecule has 1 atom stereocenters. The number of nitrogens with zero attached hydrogens (tertiary/aromatic N) is 1. The number of likely N-dealkylation sites (tertiary alicyclic amines) is 1. The highest BCUT2D eigenvalue weighted by atomic mass is 32.2. The molecule has 0 aromatic carbocycles. The largest absolute Gasteiger partial charge is 0.448 e. The van der Waals surface area contributed by atoms with Crippen molar-refractivity contribution in [3.8, 4) is 0 Å². The summed E-state index contributed by atoms with van der Waals surface area (Å²) in [5, 5.41) is 3.66. The Morgan fingerprint density at radius 3 is 2.68 bits per heavy atom. The topological polar surface area (TPSA) is 75.7 Å². The van der Waals surface area contributed by atoms with E-state index in [9.17, 15) is 13.2 Å². The van der Waals surface area contributed by atoms with Gasteiger partial charge in [-0.1, -0.05) is 6.42 Å². The highest BCUT2D eigenvalue weighted by Gasteiger charge is 2.23. The maximum Gasteiger partial charge on any atom is 0.407 e. The third kappa shape index (κ3) is 4.83. The van der Waals surface area contributed by atoms with Gasteiger partial charge in [0.15, 0.2) is 9.84 Å². The van der Waals surface area contributed by atoms with E-state index < -0.39 is 22.0 Å². The van der Waals surface area contributed by atoms with Gasteiger partial charge in [-0.3, -0.25) is 4.90 Å². The molecule has 1 fully saturated rings. The van der Waals surface area contributed by atoms with Gasteiger partial charge in [0.25, 0.3) is 0 Å². The smallest absolute Gasteiger partial charge is 0.407 e. The summed E-state index contributed by atoms with van der Waals surface area (Å²) in [5.41, 5.74) is 0. The number of ether oxygens (including phenoxy) is 1. The van der Waals surface area contributed by atoms with E-state index in [1.807, 2.05) is 0 Å². The van der Waals surface area contributed by atoms with Gasteiger partial charge in [0.1, 0.15) is 6.61 Å². The third-order valence-electron chi connectivity index (χ3n) is 3.32. The van der Waals surface area contributed by atoms with Crippen molar-refractivity contribution in [2.24, 2.45) is 0 Å². The first kappa shape index (κ1) is 14.3. The molecule has 0 aromatic heterocycles. The van der Waals surface area contributed by atoms with Crippen LogP contribution in [0.4, 0.5) is 4.79 Å². The predicted octanol–water partition coefficient (Wildman–Crippen LogP) is 0.509. The van der Waals surface area contributed by atoms with Crippen LogP contribution in [0.5, 0.6) is 0 Å². The van der Waals surface area contributed by atoms with E-state index in [1.54, 1.807) is 0 Å². The number of carbonyl (C=O) groups excluding carboxylic acids is 1. The Balaban J connectivity index is 1.61. The fraction of sp³-hybridized carbons (Fsp3) is 0.750. The highest BCUT2D eigenvalue weighted by Crippen LogP contribution is 2.09. The number of nitrogens with one attached hydrogen (secondary N) is 1. The molecule has 0 radical (unpaired) electrons. The predicted molar refractivity (Wildman–Crippen MR) is 71.5 cm³/mol. The molecule has 1 saturated heterocycles. The van der Waals surface area contributed by atoms with E-state index >= 15 is 0 Å². The van der Waals surface area contributed by atoms with E-state index in [0.717, 1.165) is 25.0 Å². The van der Waals surface area contributed by atoms with Crippen LogP contribution in [-0.4, -0.2) is 57.4 Å². The van der Waals surface area contributed by atoms with Crippen LogP contribution in [0.1, 0.15) is 19.3 Å². The van der Waals surface area contributed by atoms with Crippen molar-refractivity contribution in [1.82, 2.24) is 10.2 Å². The molecule has 19 heavy (non-hydrogen) atoms. The van der Waals surface area contributed by atoms with E-state index in [2.05, 4.69) is 10.2 Å². The number of amides is 1. The summed E-state index contributed by atoms with van der Waals surface area (Å²) in [6, 6.07) is -0.465. The van der Waals surface area contributed by atoms with Crippen LogP contribution in [0.15, 0.2) is 11.5 Å². The highest BCUT2D eigenvalue weighted by molar-refractivity contribution is 7.94. The lowest BCUT2D eigenvalue weighted by Crippen LogP contribution is -2.38. The summed E-state index contributed by atoms with van der Waals surface area (Å²) < 4.78 is 27.4. The van der Waals surface area contributed by atoms with Gasteiger partial charge < -0.3 is 10.1 Å². The lowest BCUT2D eigenvalue weighted by Gasteiger charge is -2.26. The van der Waals surface area contributed by atoms with Crippen LogP contribution in [0, 0.1) is 0 Å². The standard InChI is InChI=1S/C12H20N2O4S/c15-12(13-11-4-9-19(16,17)10-11)18-8-7-14-5-2-1-3-6-14/h4,9,11H,1-3,5-8,10H2,(H,13,15)/t11-/m1/s1. The minimum Gasteiger partial charge on any atom is -0.448 e. The Morgan fingerprint density at radius 1 is 1.32 bits per heavy atom. The Kier molecular flexibility index (Phi) is 4.81. The molecule has 2 aliphatic rings. The normalized spacial score (nSPS) is 26.2. The number of alkyl carbamates (subject to hydrolysis) is 1. The lowest BCUT2D eigenvalue weighted by atomic mass is 10.1.